The Morgan fingerprint density at radius 2 is 1.81 bits per heavy atom. The minimum Gasteiger partial charge on any atom is -0.493 e. The number of anilines is 1. The quantitative estimate of drug-likeness (QED) is 0.576. The molecule has 2 aromatic rings. The molecule has 0 spiro atoms. The highest BCUT2D eigenvalue weighted by Crippen LogP contribution is 2.38. The molecule has 2 rings (SSSR count). The van der Waals surface area contributed by atoms with Crippen LogP contribution < -0.4 is 19.5 Å². The van der Waals surface area contributed by atoms with Crippen LogP contribution in [0.25, 0.3) is 0 Å². The van der Waals surface area contributed by atoms with E-state index in [4.69, 9.17) is 18.9 Å². The largest absolute Gasteiger partial charge is 0.493 e. The summed E-state index contributed by atoms with van der Waals surface area (Å²) in [5, 5.41) is 2.98. The number of thiazole rings is 1. The molecular formula is C17H19BrN2O6S. The normalized spacial score (nSPS) is 10.2. The highest BCUT2D eigenvalue weighted by atomic mass is 79.9. The van der Waals surface area contributed by atoms with Crippen molar-refractivity contribution in [2.75, 3.05) is 33.3 Å². The van der Waals surface area contributed by atoms with Crippen LogP contribution in [-0.2, 0) is 20.7 Å². The lowest BCUT2D eigenvalue weighted by Crippen LogP contribution is -2.20. The average molecular weight is 459 g/mol. The van der Waals surface area contributed by atoms with Crippen LogP contribution in [0.2, 0.25) is 0 Å². The molecule has 0 aliphatic carbocycles. The number of benzene rings is 1. The van der Waals surface area contributed by atoms with E-state index in [0.717, 1.165) is 9.35 Å². The number of amides is 1. The molecular weight excluding hydrogens is 440 g/mol. The smallest absolute Gasteiger partial charge is 0.306 e. The van der Waals surface area contributed by atoms with Gasteiger partial charge in [-0.1, -0.05) is 11.3 Å². The van der Waals surface area contributed by atoms with E-state index in [1.807, 2.05) is 0 Å². The molecule has 0 bridgehead atoms. The molecule has 1 heterocycles. The Hall–Kier alpha value is -2.33. The summed E-state index contributed by atoms with van der Waals surface area (Å²) in [5.74, 6) is 0.567. The Bertz CT molecular complexity index is 785. The number of halogens is 1. The van der Waals surface area contributed by atoms with Gasteiger partial charge >= 0.3 is 5.97 Å². The molecule has 0 atom stereocenters. The number of aryl methyl sites for hydroxylation is 1. The first kappa shape index (κ1) is 21.0. The molecule has 0 saturated carbocycles. The first-order chi connectivity index (χ1) is 13.0. The molecule has 27 heavy (non-hydrogen) atoms. The third-order valence-electron chi connectivity index (χ3n) is 3.43. The standard InChI is InChI=1S/C17H19BrN2O6S/c1-23-11-6-10(7-12(24-2)16(11)25-3)4-5-15(22)26-9-14(21)20-17-19-8-13(18)27-17/h6-8H,4-5,9H2,1-3H3,(H,19,20,21). The number of nitrogens with one attached hydrogen (secondary N) is 1. The number of aromatic nitrogens is 1. The van der Waals surface area contributed by atoms with Crippen molar-refractivity contribution in [3.63, 3.8) is 0 Å². The minimum absolute atomic E-state index is 0.106. The SMILES string of the molecule is COc1cc(CCC(=O)OCC(=O)Nc2ncc(Br)s2)cc(OC)c1OC. The Morgan fingerprint density at radius 3 is 2.33 bits per heavy atom. The first-order valence-electron chi connectivity index (χ1n) is 7.82. The number of carbonyl (C=O) groups excluding carboxylic acids is 2. The Kier molecular flexibility index (Phi) is 7.86. The van der Waals surface area contributed by atoms with Gasteiger partial charge in [0.15, 0.2) is 23.2 Å². The van der Waals surface area contributed by atoms with Crippen molar-refractivity contribution in [1.29, 1.82) is 0 Å². The van der Waals surface area contributed by atoms with Gasteiger partial charge < -0.3 is 18.9 Å². The van der Waals surface area contributed by atoms with Gasteiger partial charge in [0.05, 0.1) is 31.3 Å². The lowest BCUT2D eigenvalue weighted by atomic mass is 10.1. The van der Waals surface area contributed by atoms with E-state index in [0.29, 0.717) is 28.8 Å². The highest BCUT2D eigenvalue weighted by Gasteiger charge is 2.15. The Morgan fingerprint density at radius 1 is 1.15 bits per heavy atom. The third-order valence-corrected chi connectivity index (χ3v) is 4.82. The summed E-state index contributed by atoms with van der Waals surface area (Å²) in [7, 11) is 4.57. The number of hydrogen-bond donors (Lipinski definition) is 1. The maximum Gasteiger partial charge on any atom is 0.306 e. The molecule has 10 heteroatoms. The van der Waals surface area contributed by atoms with Gasteiger partial charge in [-0.25, -0.2) is 4.98 Å². The minimum atomic E-state index is -0.487. The molecule has 0 unspecified atom stereocenters. The van der Waals surface area contributed by atoms with Crippen LogP contribution in [0.1, 0.15) is 12.0 Å². The number of hydrogen-bond acceptors (Lipinski definition) is 8. The molecule has 8 nitrogen and oxygen atoms in total. The zero-order chi connectivity index (χ0) is 19.8. The molecule has 0 aliphatic heterocycles. The monoisotopic (exact) mass is 458 g/mol. The van der Waals surface area contributed by atoms with Crippen molar-refractivity contribution in [1.82, 2.24) is 4.98 Å². The number of ether oxygens (including phenoxy) is 4. The number of nitrogens with zero attached hydrogens (tertiary/aromatic N) is 1. The Labute approximate surface area is 168 Å². The average Bonchev–Trinajstić information content (AvgIpc) is 3.08. The van der Waals surface area contributed by atoms with Crippen LogP contribution in [0.15, 0.2) is 22.1 Å². The second kappa shape index (κ2) is 10.1. The van der Waals surface area contributed by atoms with E-state index in [2.05, 4.69) is 26.2 Å². The Balaban J connectivity index is 1.85. The van der Waals surface area contributed by atoms with E-state index >= 15 is 0 Å². The number of carbonyl (C=O) groups is 2. The number of rotatable bonds is 9. The van der Waals surface area contributed by atoms with E-state index in [1.165, 1.54) is 32.7 Å². The predicted octanol–water partition coefficient (Wildman–Crippen LogP) is 3.05. The highest BCUT2D eigenvalue weighted by molar-refractivity contribution is 9.11. The van der Waals surface area contributed by atoms with Crippen LogP contribution in [0.4, 0.5) is 5.13 Å². The third kappa shape index (κ3) is 6.10. The van der Waals surface area contributed by atoms with Crippen molar-refractivity contribution < 1.29 is 28.5 Å². The van der Waals surface area contributed by atoms with Crippen LogP contribution in [0.3, 0.4) is 0 Å². The molecule has 0 saturated heterocycles. The molecule has 0 radical (unpaired) electrons. The zero-order valence-corrected chi connectivity index (χ0v) is 17.4. The molecule has 0 aliphatic rings. The fraction of sp³-hybridized carbons (Fsp3) is 0.353. The van der Waals surface area contributed by atoms with Gasteiger partial charge in [-0.05, 0) is 40.0 Å². The van der Waals surface area contributed by atoms with E-state index < -0.39 is 11.9 Å². The molecule has 1 amide bonds. The van der Waals surface area contributed by atoms with E-state index in [9.17, 15) is 9.59 Å². The maximum absolute atomic E-state index is 11.9. The van der Waals surface area contributed by atoms with Crippen LogP contribution in [-0.4, -0.2) is 44.8 Å². The summed E-state index contributed by atoms with van der Waals surface area (Å²) in [6, 6.07) is 3.53. The van der Waals surface area contributed by atoms with Crippen LogP contribution >= 0.6 is 27.3 Å². The van der Waals surface area contributed by atoms with Crippen molar-refractivity contribution >= 4 is 44.3 Å². The van der Waals surface area contributed by atoms with E-state index in [-0.39, 0.29) is 13.0 Å². The fourth-order valence-corrected chi connectivity index (χ4v) is 3.33. The van der Waals surface area contributed by atoms with Gasteiger partial charge in [-0.3, -0.25) is 14.9 Å². The summed E-state index contributed by atoms with van der Waals surface area (Å²) >= 11 is 4.52. The van der Waals surface area contributed by atoms with Gasteiger partial charge in [-0.2, -0.15) is 0 Å². The molecule has 0 fully saturated rings. The molecule has 1 aromatic carbocycles. The van der Waals surface area contributed by atoms with Crippen LogP contribution in [0, 0.1) is 0 Å². The maximum atomic E-state index is 11.9. The summed E-state index contributed by atoms with van der Waals surface area (Å²) in [4.78, 5) is 27.6. The van der Waals surface area contributed by atoms with Crippen molar-refractivity contribution in [2.45, 2.75) is 12.8 Å². The van der Waals surface area contributed by atoms with Gasteiger partial charge in [0.25, 0.3) is 5.91 Å². The number of methoxy groups -OCH3 is 3. The number of esters is 1. The summed E-state index contributed by atoms with van der Waals surface area (Å²) in [6.45, 7) is -0.370. The summed E-state index contributed by atoms with van der Waals surface area (Å²) in [6.07, 6.45) is 2.08. The fourth-order valence-electron chi connectivity index (χ4n) is 2.21. The van der Waals surface area contributed by atoms with Crippen molar-refractivity contribution in [3.8, 4) is 17.2 Å². The van der Waals surface area contributed by atoms with Crippen molar-refractivity contribution in [3.05, 3.63) is 27.7 Å². The first-order valence-corrected chi connectivity index (χ1v) is 9.43. The summed E-state index contributed by atoms with van der Waals surface area (Å²) < 4.78 is 21.6. The van der Waals surface area contributed by atoms with Gasteiger partial charge in [0, 0.05) is 6.42 Å². The summed E-state index contributed by atoms with van der Waals surface area (Å²) in [5.41, 5.74) is 0.818. The lowest BCUT2D eigenvalue weighted by molar-refractivity contribution is -0.147. The zero-order valence-electron chi connectivity index (χ0n) is 15.0. The van der Waals surface area contributed by atoms with Crippen molar-refractivity contribution in [2.24, 2.45) is 0 Å². The topological polar surface area (TPSA) is 96.0 Å². The van der Waals surface area contributed by atoms with E-state index in [1.54, 1.807) is 18.3 Å². The van der Waals surface area contributed by atoms with Gasteiger partial charge in [0.2, 0.25) is 5.75 Å². The second-order valence-electron chi connectivity index (χ2n) is 5.21. The molecule has 146 valence electrons. The van der Waals surface area contributed by atoms with Gasteiger partial charge in [-0.15, -0.1) is 0 Å². The molecule has 1 N–H and O–H groups in total. The van der Waals surface area contributed by atoms with Crippen LogP contribution in [0.5, 0.6) is 17.2 Å². The predicted molar refractivity (Wildman–Crippen MR) is 104 cm³/mol. The lowest BCUT2D eigenvalue weighted by Gasteiger charge is -2.14. The second-order valence-corrected chi connectivity index (χ2v) is 7.62. The van der Waals surface area contributed by atoms with Gasteiger partial charge in [0.1, 0.15) is 0 Å². The molecule has 1 aromatic heterocycles.